The SMILES string of the molecule is O=C(CN1C(=O)COc2ccccc21)NC(CC(F)F)C(=O)O. The van der Waals surface area contributed by atoms with Crippen molar-refractivity contribution < 1.29 is 33.0 Å². The fraction of sp³-hybridized carbons (Fsp3) is 0.357. The number of hydrogen-bond acceptors (Lipinski definition) is 4. The number of halogens is 2. The van der Waals surface area contributed by atoms with E-state index in [1.807, 2.05) is 5.32 Å². The molecule has 1 aliphatic rings. The minimum absolute atomic E-state index is 0.260. The van der Waals surface area contributed by atoms with Gasteiger partial charge in [-0.15, -0.1) is 0 Å². The first kappa shape index (κ1) is 16.7. The minimum atomic E-state index is -2.87. The van der Waals surface area contributed by atoms with E-state index in [0.717, 1.165) is 4.90 Å². The van der Waals surface area contributed by atoms with E-state index in [-0.39, 0.29) is 6.61 Å². The molecule has 2 rings (SSSR count). The number of aliphatic carboxylic acids is 1. The molecule has 0 saturated carbocycles. The summed E-state index contributed by atoms with van der Waals surface area (Å²) in [5, 5.41) is 10.8. The number of fused-ring (bicyclic) bond motifs is 1. The molecule has 0 saturated heterocycles. The minimum Gasteiger partial charge on any atom is -0.482 e. The van der Waals surface area contributed by atoms with E-state index in [1.54, 1.807) is 24.3 Å². The van der Waals surface area contributed by atoms with Crippen LogP contribution in [-0.2, 0) is 14.4 Å². The summed E-state index contributed by atoms with van der Waals surface area (Å²) in [6.07, 6.45) is -3.88. The van der Waals surface area contributed by atoms with Crippen molar-refractivity contribution in [3.05, 3.63) is 24.3 Å². The van der Waals surface area contributed by atoms with Gasteiger partial charge in [-0.3, -0.25) is 14.5 Å². The van der Waals surface area contributed by atoms with E-state index >= 15 is 0 Å². The summed E-state index contributed by atoms with van der Waals surface area (Å²) in [5.74, 6) is -2.49. The Balaban J connectivity index is 2.07. The molecule has 0 spiro atoms. The summed E-state index contributed by atoms with van der Waals surface area (Å²) < 4.78 is 29.8. The number of anilines is 1. The van der Waals surface area contributed by atoms with E-state index in [2.05, 4.69) is 0 Å². The predicted octanol–water partition coefficient (Wildman–Crippen LogP) is 0.637. The van der Waals surface area contributed by atoms with Crippen molar-refractivity contribution in [3.8, 4) is 5.75 Å². The summed E-state index contributed by atoms with van der Waals surface area (Å²) in [6, 6.07) is 4.80. The molecule has 0 bridgehead atoms. The number of carbonyl (C=O) groups is 3. The Morgan fingerprint density at radius 1 is 1.35 bits per heavy atom. The number of ether oxygens (including phenoxy) is 1. The average Bonchev–Trinajstić information content (AvgIpc) is 2.49. The lowest BCUT2D eigenvalue weighted by Gasteiger charge is -2.29. The highest BCUT2D eigenvalue weighted by Crippen LogP contribution is 2.31. The molecule has 0 radical (unpaired) electrons. The Kier molecular flexibility index (Phi) is 5.09. The van der Waals surface area contributed by atoms with Gasteiger partial charge in [0.15, 0.2) is 6.61 Å². The number of hydrogen-bond donors (Lipinski definition) is 2. The molecular weight excluding hydrogens is 314 g/mol. The van der Waals surface area contributed by atoms with E-state index in [0.29, 0.717) is 11.4 Å². The van der Waals surface area contributed by atoms with Crippen LogP contribution in [0, 0.1) is 0 Å². The van der Waals surface area contributed by atoms with E-state index < -0.39 is 43.2 Å². The van der Waals surface area contributed by atoms with E-state index in [4.69, 9.17) is 9.84 Å². The zero-order valence-electron chi connectivity index (χ0n) is 11.9. The molecule has 1 heterocycles. The molecular formula is C14H14F2N2O5. The molecule has 23 heavy (non-hydrogen) atoms. The lowest BCUT2D eigenvalue weighted by Crippen LogP contribution is -2.49. The van der Waals surface area contributed by atoms with Crippen LogP contribution in [0.15, 0.2) is 24.3 Å². The standard InChI is InChI=1S/C14H14F2N2O5/c15-11(16)5-8(14(21)22)17-12(19)6-18-9-3-1-2-4-10(9)23-7-13(18)20/h1-4,8,11H,5-7H2,(H,17,19)(H,21,22). The Hall–Kier alpha value is -2.71. The van der Waals surface area contributed by atoms with Gasteiger partial charge in [-0.2, -0.15) is 0 Å². The van der Waals surface area contributed by atoms with Crippen LogP contribution in [-0.4, -0.2) is 48.5 Å². The first-order valence-corrected chi connectivity index (χ1v) is 6.71. The number of benzene rings is 1. The van der Waals surface area contributed by atoms with Gasteiger partial charge in [0.2, 0.25) is 12.3 Å². The van der Waals surface area contributed by atoms with Crippen LogP contribution >= 0.6 is 0 Å². The normalized spacial score (nSPS) is 14.9. The predicted molar refractivity (Wildman–Crippen MR) is 74.5 cm³/mol. The Bertz CT molecular complexity index is 623. The topological polar surface area (TPSA) is 95.9 Å². The highest BCUT2D eigenvalue weighted by Gasteiger charge is 2.29. The maximum atomic E-state index is 12.3. The number of carbonyl (C=O) groups excluding carboxylic acids is 2. The van der Waals surface area contributed by atoms with Crippen LogP contribution in [0.4, 0.5) is 14.5 Å². The summed E-state index contributed by atoms with van der Waals surface area (Å²) in [6.45, 7) is -0.740. The molecule has 0 aromatic heterocycles. The zero-order chi connectivity index (χ0) is 17.0. The van der Waals surface area contributed by atoms with Gasteiger partial charge in [-0.05, 0) is 12.1 Å². The summed E-state index contributed by atoms with van der Waals surface area (Å²) in [7, 11) is 0. The fourth-order valence-electron chi connectivity index (χ4n) is 2.11. The van der Waals surface area contributed by atoms with Crippen molar-refractivity contribution in [3.63, 3.8) is 0 Å². The number of nitrogens with zero attached hydrogens (tertiary/aromatic N) is 1. The number of carboxylic acid groups (broad SMARTS) is 1. The van der Waals surface area contributed by atoms with Crippen LogP contribution in [0.3, 0.4) is 0 Å². The lowest BCUT2D eigenvalue weighted by atomic mass is 10.2. The fourth-order valence-corrected chi connectivity index (χ4v) is 2.11. The van der Waals surface area contributed by atoms with Gasteiger partial charge in [0, 0.05) is 6.42 Å². The molecule has 0 aliphatic carbocycles. The van der Waals surface area contributed by atoms with Gasteiger partial charge >= 0.3 is 5.97 Å². The van der Waals surface area contributed by atoms with Crippen LogP contribution in [0.25, 0.3) is 0 Å². The summed E-state index contributed by atoms with van der Waals surface area (Å²) >= 11 is 0. The van der Waals surface area contributed by atoms with Crippen molar-refractivity contribution in [1.29, 1.82) is 0 Å². The van der Waals surface area contributed by atoms with Crippen molar-refractivity contribution >= 4 is 23.5 Å². The number of rotatable bonds is 6. The van der Waals surface area contributed by atoms with Gasteiger partial charge in [-0.25, -0.2) is 13.6 Å². The third-order valence-electron chi connectivity index (χ3n) is 3.16. The van der Waals surface area contributed by atoms with Crippen LogP contribution in [0.1, 0.15) is 6.42 Å². The average molecular weight is 328 g/mol. The highest BCUT2D eigenvalue weighted by atomic mass is 19.3. The van der Waals surface area contributed by atoms with E-state index in [1.165, 1.54) is 0 Å². The molecule has 124 valence electrons. The van der Waals surface area contributed by atoms with Crippen LogP contribution in [0.5, 0.6) is 5.75 Å². The van der Waals surface area contributed by atoms with Crippen molar-refractivity contribution in [1.82, 2.24) is 5.32 Å². The number of carboxylic acids is 1. The zero-order valence-corrected chi connectivity index (χ0v) is 11.9. The number of nitrogens with one attached hydrogen (secondary N) is 1. The Morgan fingerprint density at radius 3 is 2.70 bits per heavy atom. The summed E-state index contributed by atoms with van der Waals surface area (Å²) in [4.78, 5) is 35.8. The van der Waals surface area contributed by atoms with Crippen molar-refractivity contribution in [2.24, 2.45) is 0 Å². The smallest absolute Gasteiger partial charge is 0.326 e. The maximum Gasteiger partial charge on any atom is 0.326 e. The third kappa shape index (κ3) is 4.15. The highest BCUT2D eigenvalue weighted by molar-refractivity contribution is 6.02. The van der Waals surface area contributed by atoms with Crippen molar-refractivity contribution in [2.45, 2.75) is 18.9 Å². The number of amides is 2. The van der Waals surface area contributed by atoms with Crippen molar-refractivity contribution in [2.75, 3.05) is 18.1 Å². The molecule has 1 aliphatic heterocycles. The van der Waals surface area contributed by atoms with Gasteiger partial charge in [-0.1, -0.05) is 12.1 Å². The van der Waals surface area contributed by atoms with Gasteiger partial charge in [0.05, 0.1) is 5.69 Å². The second kappa shape index (κ2) is 7.03. The number of alkyl halides is 2. The monoisotopic (exact) mass is 328 g/mol. The van der Waals surface area contributed by atoms with Crippen LogP contribution < -0.4 is 15.0 Å². The number of para-hydroxylation sites is 2. The first-order valence-electron chi connectivity index (χ1n) is 6.71. The molecule has 2 amide bonds. The van der Waals surface area contributed by atoms with Gasteiger partial charge in [0.1, 0.15) is 18.3 Å². The first-order chi connectivity index (χ1) is 10.9. The molecule has 2 N–H and O–H groups in total. The second-order valence-corrected chi connectivity index (χ2v) is 4.82. The lowest BCUT2D eigenvalue weighted by molar-refractivity contribution is -0.142. The molecule has 1 aromatic carbocycles. The van der Waals surface area contributed by atoms with Crippen LogP contribution in [0.2, 0.25) is 0 Å². The largest absolute Gasteiger partial charge is 0.482 e. The summed E-state index contributed by atoms with van der Waals surface area (Å²) in [5.41, 5.74) is 0.361. The van der Waals surface area contributed by atoms with E-state index in [9.17, 15) is 23.2 Å². The molecule has 0 fully saturated rings. The van der Waals surface area contributed by atoms with Gasteiger partial charge in [0.25, 0.3) is 5.91 Å². The molecule has 9 heteroatoms. The molecule has 7 nitrogen and oxygen atoms in total. The Labute approximate surface area is 129 Å². The molecule has 1 aromatic rings. The second-order valence-electron chi connectivity index (χ2n) is 4.82. The molecule has 1 atom stereocenters. The quantitative estimate of drug-likeness (QED) is 0.799. The third-order valence-corrected chi connectivity index (χ3v) is 3.16. The maximum absolute atomic E-state index is 12.3. The Morgan fingerprint density at radius 2 is 2.04 bits per heavy atom. The molecule has 1 unspecified atom stereocenters. The van der Waals surface area contributed by atoms with Gasteiger partial charge < -0.3 is 15.2 Å².